The molecule has 0 radical (unpaired) electrons. The molecule has 0 saturated carbocycles. The first-order chi connectivity index (χ1) is 11.7. The van der Waals surface area contributed by atoms with Crippen molar-refractivity contribution in [3.05, 3.63) is 53.9 Å². The lowest BCUT2D eigenvalue weighted by Gasteiger charge is -2.32. The van der Waals surface area contributed by atoms with Crippen molar-refractivity contribution in [3.63, 3.8) is 0 Å². The van der Waals surface area contributed by atoms with E-state index in [4.69, 9.17) is 9.47 Å². The molecule has 1 saturated heterocycles. The van der Waals surface area contributed by atoms with Gasteiger partial charge in [0, 0.05) is 18.9 Å². The van der Waals surface area contributed by atoms with Crippen LogP contribution < -0.4 is 9.47 Å². The molecular formula is C18H18N2O4. The fourth-order valence-corrected chi connectivity index (χ4v) is 3.57. The van der Waals surface area contributed by atoms with Crippen LogP contribution in [0.1, 0.15) is 30.0 Å². The van der Waals surface area contributed by atoms with Crippen molar-refractivity contribution >= 4 is 5.97 Å². The minimum Gasteiger partial charge on any atom is -0.480 e. The second-order valence-electron chi connectivity index (χ2n) is 6.03. The quantitative estimate of drug-likeness (QED) is 0.930. The summed E-state index contributed by atoms with van der Waals surface area (Å²) in [6, 6.07) is 9.07. The van der Waals surface area contributed by atoms with Crippen molar-refractivity contribution < 1.29 is 19.4 Å². The molecule has 2 unspecified atom stereocenters. The monoisotopic (exact) mass is 326 g/mol. The summed E-state index contributed by atoms with van der Waals surface area (Å²) < 4.78 is 10.9. The Hall–Kier alpha value is -2.60. The van der Waals surface area contributed by atoms with Gasteiger partial charge in [-0.2, -0.15) is 0 Å². The maximum Gasteiger partial charge on any atom is 0.320 e. The van der Waals surface area contributed by atoms with E-state index in [0.717, 1.165) is 29.8 Å². The first-order valence-corrected chi connectivity index (χ1v) is 8.02. The topological polar surface area (TPSA) is 71.9 Å². The number of carboxylic acid groups (broad SMARTS) is 1. The Kier molecular flexibility index (Phi) is 3.82. The molecule has 0 bridgehead atoms. The highest BCUT2D eigenvalue weighted by molar-refractivity contribution is 5.74. The maximum atomic E-state index is 11.7. The van der Waals surface area contributed by atoms with Gasteiger partial charge in [0.15, 0.2) is 11.5 Å². The Bertz CT molecular complexity index is 750. The van der Waals surface area contributed by atoms with Crippen molar-refractivity contribution in [2.75, 3.05) is 13.3 Å². The number of likely N-dealkylation sites (tertiary alicyclic amines) is 1. The second-order valence-corrected chi connectivity index (χ2v) is 6.03. The number of rotatable bonds is 4. The van der Waals surface area contributed by atoms with Gasteiger partial charge in [-0.3, -0.25) is 14.7 Å². The Morgan fingerprint density at radius 3 is 2.75 bits per heavy atom. The first-order valence-electron chi connectivity index (χ1n) is 8.02. The average molecular weight is 326 g/mol. The number of ether oxygens (including phenoxy) is 2. The molecule has 124 valence electrons. The van der Waals surface area contributed by atoms with Crippen LogP contribution in [0.3, 0.4) is 0 Å². The smallest absolute Gasteiger partial charge is 0.320 e. The van der Waals surface area contributed by atoms with Gasteiger partial charge in [0.05, 0.1) is 6.04 Å². The van der Waals surface area contributed by atoms with Gasteiger partial charge in [-0.15, -0.1) is 0 Å². The molecule has 0 spiro atoms. The molecule has 1 N–H and O–H groups in total. The Labute approximate surface area is 139 Å². The second kappa shape index (κ2) is 6.13. The van der Waals surface area contributed by atoms with Crippen LogP contribution in [0.2, 0.25) is 0 Å². The van der Waals surface area contributed by atoms with Gasteiger partial charge >= 0.3 is 5.97 Å². The summed E-state index contributed by atoms with van der Waals surface area (Å²) in [6.07, 6.45) is 5.02. The highest BCUT2D eigenvalue weighted by atomic mass is 16.7. The molecule has 2 aliphatic heterocycles. The average Bonchev–Trinajstić information content (AvgIpc) is 3.25. The largest absolute Gasteiger partial charge is 0.480 e. The van der Waals surface area contributed by atoms with Gasteiger partial charge in [0.25, 0.3) is 0 Å². The molecule has 6 heteroatoms. The van der Waals surface area contributed by atoms with Crippen LogP contribution in [-0.4, -0.2) is 40.3 Å². The summed E-state index contributed by atoms with van der Waals surface area (Å²) in [6.45, 7) is 0.971. The number of pyridine rings is 1. The number of hydrogen-bond donors (Lipinski definition) is 1. The Morgan fingerprint density at radius 2 is 1.96 bits per heavy atom. The number of hydrogen-bond acceptors (Lipinski definition) is 5. The number of fused-ring (bicyclic) bond motifs is 1. The molecule has 1 aromatic carbocycles. The van der Waals surface area contributed by atoms with Gasteiger partial charge in [-0.1, -0.05) is 6.07 Å². The van der Waals surface area contributed by atoms with Crippen LogP contribution in [0.5, 0.6) is 11.5 Å². The number of carboxylic acids is 1. The zero-order valence-electron chi connectivity index (χ0n) is 13.1. The molecule has 0 aliphatic carbocycles. The zero-order chi connectivity index (χ0) is 16.5. The number of aliphatic carboxylic acids is 1. The SMILES string of the molecule is O=C(O)C1CCCN1C(c1ccncc1)c1ccc2c(c1)OCO2. The molecule has 4 rings (SSSR count). The Balaban J connectivity index is 1.78. The molecule has 24 heavy (non-hydrogen) atoms. The van der Waals surface area contributed by atoms with E-state index in [9.17, 15) is 9.90 Å². The van der Waals surface area contributed by atoms with E-state index >= 15 is 0 Å². The standard InChI is InChI=1S/C18H18N2O4/c21-18(22)14-2-1-9-20(14)17(12-5-7-19-8-6-12)13-3-4-15-16(10-13)24-11-23-15/h3-8,10,14,17H,1-2,9,11H2,(H,21,22). The van der Waals surface area contributed by atoms with E-state index < -0.39 is 12.0 Å². The van der Waals surface area contributed by atoms with Crippen molar-refractivity contribution in [1.29, 1.82) is 0 Å². The van der Waals surface area contributed by atoms with Crippen molar-refractivity contribution in [2.24, 2.45) is 0 Å². The molecule has 2 aromatic rings. The third-order valence-corrected chi connectivity index (χ3v) is 4.65. The van der Waals surface area contributed by atoms with Crippen molar-refractivity contribution in [1.82, 2.24) is 9.88 Å². The lowest BCUT2D eigenvalue weighted by Crippen LogP contribution is -2.39. The maximum absolute atomic E-state index is 11.7. The fourth-order valence-electron chi connectivity index (χ4n) is 3.57. The normalized spacial score (nSPS) is 20.9. The van der Waals surface area contributed by atoms with E-state index in [2.05, 4.69) is 9.88 Å². The molecule has 2 aliphatic rings. The highest BCUT2D eigenvalue weighted by Crippen LogP contribution is 2.39. The molecule has 0 amide bonds. The number of carbonyl (C=O) groups is 1. The van der Waals surface area contributed by atoms with Gasteiger partial charge in [-0.25, -0.2) is 0 Å². The van der Waals surface area contributed by atoms with E-state index in [1.807, 2.05) is 30.3 Å². The minimum absolute atomic E-state index is 0.147. The first kappa shape index (κ1) is 15.0. The Morgan fingerprint density at radius 1 is 1.17 bits per heavy atom. The lowest BCUT2D eigenvalue weighted by molar-refractivity contribution is -0.142. The summed E-state index contributed by atoms with van der Waals surface area (Å²) in [4.78, 5) is 17.8. The molecule has 1 fully saturated rings. The molecule has 1 aromatic heterocycles. The van der Waals surface area contributed by atoms with Gasteiger partial charge in [0.2, 0.25) is 6.79 Å². The van der Waals surface area contributed by atoms with Crippen molar-refractivity contribution in [3.8, 4) is 11.5 Å². The van der Waals surface area contributed by atoms with Crippen LogP contribution in [0.15, 0.2) is 42.7 Å². The van der Waals surface area contributed by atoms with E-state index in [-0.39, 0.29) is 12.8 Å². The highest BCUT2D eigenvalue weighted by Gasteiger charge is 2.37. The third-order valence-electron chi connectivity index (χ3n) is 4.65. The number of nitrogens with zero attached hydrogens (tertiary/aromatic N) is 2. The van der Waals surface area contributed by atoms with Gasteiger partial charge < -0.3 is 14.6 Å². The number of aromatic nitrogens is 1. The van der Waals surface area contributed by atoms with E-state index in [0.29, 0.717) is 12.2 Å². The summed E-state index contributed by atoms with van der Waals surface area (Å²) in [5.41, 5.74) is 2.02. The summed E-state index contributed by atoms with van der Waals surface area (Å²) >= 11 is 0. The minimum atomic E-state index is -0.771. The molecular weight excluding hydrogens is 308 g/mol. The van der Waals surface area contributed by atoms with Crippen LogP contribution >= 0.6 is 0 Å². The third kappa shape index (κ3) is 2.59. The zero-order valence-corrected chi connectivity index (χ0v) is 13.1. The van der Waals surface area contributed by atoms with E-state index in [1.54, 1.807) is 12.4 Å². The summed E-state index contributed by atoms with van der Waals surface area (Å²) in [7, 11) is 0. The predicted molar refractivity (Wildman–Crippen MR) is 86.0 cm³/mol. The molecule has 3 heterocycles. The van der Waals surface area contributed by atoms with Crippen LogP contribution in [0, 0.1) is 0 Å². The fraction of sp³-hybridized carbons (Fsp3) is 0.333. The molecule has 2 atom stereocenters. The van der Waals surface area contributed by atoms with Crippen LogP contribution in [0.25, 0.3) is 0 Å². The lowest BCUT2D eigenvalue weighted by atomic mass is 9.96. The number of benzene rings is 1. The summed E-state index contributed by atoms with van der Waals surface area (Å²) in [5.74, 6) is 0.661. The van der Waals surface area contributed by atoms with Gasteiger partial charge in [0.1, 0.15) is 6.04 Å². The van der Waals surface area contributed by atoms with Crippen molar-refractivity contribution in [2.45, 2.75) is 24.9 Å². The molecule has 6 nitrogen and oxygen atoms in total. The predicted octanol–water partition coefficient (Wildman–Crippen LogP) is 2.45. The van der Waals surface area contributed by atoms with Gasteiger partial charge in [-0.05, 0) is 48.2 Å². The summed E-state index contributed by atoms with van der Waals surface area (Å²) in [5, 5.41) is 9.58. The van der Waals surface area contributed by atoms with Crippen LogP contribution in [-0.2, 0) is 4.79 Å². The van der Waals surface area contributed by atoms with Crippen LogP contribution in [0.4, 0.5) is 0 Å². The van der Waals surface area contributed by atoms with E-state index in [1.165, 1.54) is 0 Å².